The number of hydrogen-bond donors (Lipinski definition) is 1. The molecule has 0 aliphatic heterocycles. The fourth-order valence-electron chi connectivity index (χ4n) is 2.28. The molecular weight excluding hydrogens is 339 g/mol. The van der Waals surface area contributed by atoms with Crippen molar-refractivity contribution in [1.82, 2.24) is 10.2 Å². The third kappa shape index (κ3) is 3.77. The number of benzene rings is 1. The molecule has 1 N–H and O–H groups in total. The Morgan fingerprint density at radius 3 is 2.82 bits per heavy atom. The van der Waals surface area contributed by atoms with Crippen molar-refractivity contribution in [3.8, 4) is 0 Å². The van der Waals surface area contributed by atoms with Crippen molar-refractivity contribution in [1.29, 1.82) is 0 Å². The van der Waals surface area contributed by atoms with Gasteiger partial charge in [0, 0.05) is 28.0 Å². The van der Waals surface area contributed by atoms with Crippen molar-refractivity contribution in [2.24, 2.45) is 0 Å². The van der Waals surface area contributed by atoms with E-state index in [1.807, 2.05) is 16.3 Å². The topological polar surface area (TPSA) is 15.3 Å². The summed E-state index contributed by atoms with van der Waals surface area (Å²) < 4.78 is 14.0. The minimum absolute atomic E-state index is 0.279. The Labute approximate surface area is 143 Å². The lowest BCUT2D eigenvalue weighted by atomic mass is 10.2. The zero-order valence-corrected chi connectivity index (χ0v) is 14.3. The number of nitrogens with one attached hydrogen (secondary N) is 1. The van der Waals surface area contributed by atoms with Crippen molar-refractivity contribution in [3.05, 3.63) is 57.0 Å². The standard InChI is InChI=1S/C16H16ClFN2S2/c17-14-4-1-5-15(18)13(14)10-20(11-6-7-11)16(21)19-9-12-3-2-8-22-12/h1-5,8,11H,6-7,9-10H2,(H,19,21). The van der Waals surface area contributed by atoms with Crippen molar-refractivity contribution in [2.75, 3.05) is 0 Å². The van der Waals surface area contributed by atoms with E-state index in [9.17, 15) is 4.39 Å². The van der Waals surface area contributed by atoms with Crippen LogP contribution in [0.15, 0.2) is 35.7 Å². The summed E-state index contributed by atoms with van der Waals surface area (Å²) in [5.74, 6) is -0.279. The Balaban J connectivity index is 1.68. The second-order valence-corrected chi connectivity index (χ2v) is 7.12. The molecule has 0 bridgehead atoms. The van der Waals surface area contributed by atoms with Crippen molar-refractivity contribution in [2.45, 2.75) is 32.0 Å². The molecule has 22 heavy (non-hydrogen) atoms. The lowest BCUT2D eigenvalue weighted by Gasteiger charge is -2.26. The third-order valence-corrected chi connectivity index (χ3v) is 5.24. The fraction of sp³-hybridized carbons (Fsp3) is 0.312. The molecule has 1 heterocycles. The minimum atomic E-state index is -0.279. The molecule has 2 nitrogen and oxygen atoms in total. The first kappa shape index (κ1) is 15.7. The van der Waals surface area contributed by atoms with Crippen LogP contribution in [0.5, 0.6) is 0 Å². The average molecular weight is 355 g/mol. The summed E-state index contributed by atoms with van der Waals surface area (Å²) in [5.41, 5.74) is 0.511. The molecule has 0 unspecified atom stereocenters. The van der Waals surface area contributed by atoms with Gasteiger partial charge in [-0.25, -0.2) is 4.39 Å². The summed E-state index contributed by atoms with van der Waals surface area (Å²) in [4.78, 5) is 3.27. The maximum atomic E-state index is 14.0. The van der Waals surface area contributed by atoms with Gasteiger partial charge < -0.3 is 10.2 Å². The van der Waals surface area contributed by atoms with E-state index in [1.54, 1.807) is 23.5 Å². The van der Waals surface area contributed by atoms with E-state index >= 15 is 0 Å². The normalized spacial score (nSPS) is 13.9. The fourth-order valence-corrected chi connectivity index (χ4v) is 3.44. The van der Waals surface area contributed by atoms with E-state index in [2.05, 4.69) is 11.4 Å². The third-order valence-electron chi connectivity index (χ3n) is 3.63. The first-order chi connectivity index (χ1) is 10.6. The molecule has 1 aromatic heterocycles. The van der Waals surface area contributed by atoms with Crippen LogP contribution in [-0.4, -0.2) is 16.1 Å². The van der Waals surface area contributed by atoms with Crippen LogP contribution in [0.4, 0.5) is 4.39 Å². The van der Waals surface area contributed by atoms with E-state index in [4.69, 9.17) is 23.8 Å². The molecule has 3 rings (SSSR count). The second kappa shape index (κ2) is 6.94. The van der Waals surface area contributed by atoms with Crippen LogP contribution < -0.4 is 5.32 Å². The molecule has 116 valence electrons. The van der Waals surface area contributed by atoms with Gasteiger partial charge in [0.2, 0.25) is 0 Å². The van der Waals surface area contributed by atoms with Crippen molar-refractivity contribution < 1.29 is 4.39 Å². The first-order valence-electron chi connectivity index (χ1n) is 7.15. The van der Waals surface area contributed by atoms with Gasteiger partial charge in [0.05, 0.1) is 6.54 Å². The summed E-state index contributed by atoms with van der Waals surface area (Å²) >= 11 is 13.3. The average Bonchev–Trinajstić information content (AvgIpc) is 3.20. The maximum Gasteiger partial charge on any atom is 0.169 e. The van der Waals surface area contributed by atoms with Crippen LogP contribution >= 0.6 is 35.2 Å². The highest BCUT2D eigenvalue weighted by molar-refractivity contribution is 7.80. The van der Waals surface area contributed by atoms with Gasteiger partial charge in [-0.15, -0.1) is 11.3 Å². The molecular formula is C16H16ClFN2S2. The highest BCUT2D eigenvalue weighted by atomic mass is 35.5. The van der Waals surface area contributed by atoms with Gasteiger partial charge in [0.1, 0.15) is 5.82 Å². The molecule has 0 saturated heterocycles. The van der Waals surface area contributed by atoms with Crippen LogP contribution in [0.2, 0.25) is 5.02 Å². The Bertz CT molecular complexity index is 636. The number of nitrogens with zero attached hydrogens (tertiary/aromatic N) is 1. The molecule has 0 amide bonds. The van der Waals surface area contributed by atoms with Gasteiger partial charge in [-0.1, -0.05) is 23.7 Å². The molecule has 1 aromatic carbocycles. The van der Waals surface area contributed by atoms with Crippen LogP contribution in [0.25, 0.3) is 0 Å². The zero-order chi connectivity index (χ0) is 15.5. The first-order valence-corrected chi connectivity index (χ1v) is 8.81. The second-order valence-electron chi connectivity index (χ2n) is 5.30. The Morgan fingerprint density at radius 1 is 1.36 bits per heavy atom. The Morgan fingerprint density at radius 2 is 2.18 bits per heavy atom. The molecule has 6 heteroatoms. The molecule has 1 aliphatic carbocycles. The number of thiocarbonyl (C=S) groups is 1. The zero-order valence-electron chi connectivity index (χ0n) is 11.9. The van der Waals surface area contributed by atoms with E-state index in [0.717, 1.165) is 12.8 Å². The monoisotopic (exact) mass is 354 g/mol. The van der Waals surface area contributed by atoms with Crippen LogP contribution in [0, 0.1) is 5.82 Å². The van der Waals surface area contributed by atoms with Crippen LogP contribution in [0.3, 0.4) is 0 Å². The SMILES string of the molecule is Fc1cccc(Cl)c1CN(C(=S)NCc1cccs1)C1CC1. The van der Waals surface area contributed by atoms with Gasteiger partial charge in [-0.3, -0.25) is 0 Å². The van der Waals surface area contributed by atoms with Gasteiger partial charge in [-0.05, 0) is 48.6 Å². The number of halogens is 2. The van der Waals surface area contributed by atoms with Gasteiger partial charge >= 0.3 is 0 Å². The maximum absolute atomic E-state index is 14.0. The Hall–Kier alpha value is -1.17. The lowest BCUT2D eigenvalue weighted by molar-refractivity contribution is 0.387. The Kier molecular flexibility index (Phi) is 4.96. The van der Waals surface area contributed by atoms with Gasteiger partial charge in [0.15, 0.2) is 5.11 Å². The highest BCUT2D eigenvalue weighted by Crippen LogP contribution is 2.30. The molecule has 0 radical (unpaired) electrons. The molecule has 0 spiro atoms. The van der Waals surface area contributed by atoms with Gasteiger partial charge in [-0.2, -0.15) is 0 Å². The quantitative estimate of drug-likeness (QED) is 0.791. The van der Waals surface area contributed by atoms with Crippen LogP contribution in [0.1, 0.15) is 23.3 Å². The molecule has 0 atom stereocenters. The number of rotatable bonds is 5. The highest BCUT2D eigenvalue weighted by Gasteiger charge is 2.31. The van der Waals surface area contributed by atoms with Crippen LogP contribution in [-0.2, 0) is 13.1 Å². The summed E-state index contributed by atoms with van der Waals surface area (Å²) in [6, 6.07) is 9.24. The van der Waals surface area contributed by atoms with E-state index < -0.39 is 0 Å². The molecule has 2 aromatic rings. The summed E-state index contributed by atoms with van der Waals surface area (Å²) in [6.07, 6.45) is 2.18. The molecule has 1 fully saturated rings. The summed E-state index contributed by atoms with van der Waals surface area (Å²) in [7, 11) is 0. The van der Waals surface area contributed by atoms with Crippen molar-refractivity contribution in [3.63, 3.8) is 0 Å². The predicted octanol–water partition coefficient (Wildman–Crippen LogP) is 4.58. The number of hydrogen-bond acceptors (Lipinski definition) is 2. The summed E-state index contributed by atoms with van der Waals surface area (Å²) in [6.45, 7) is 1.11. The van der Waals surface area contributed by atoms with Gasteiger partial charge in [0.25, 0.3) is 0 Å². The minimum Gasteiger partial charge on any atom is -0.358 e. The van der Waals surface area contributed by atoms with E-state index in [-0.39, 0.29) is 5.82 Å². The van der Waals surface area contributed by atoms with E-state index in [0.29, 0.717) is 34.8 Å². The smallest absolute Gasteiger partial charge is 0.169 e. The predicted molar refractivity (Wildman–Crippen MR) is 93.7 cm³/mol. The summed E-state index contributed by atoms with van der Waals surface area (Å²) in [5, 5.41) is 6.42. The largest absolute Gasteiger partial charge is 0.358 e. The van der Waals surface area contributed by atoms with E-state index in [1.165, 1.54) is 10.9 Å². The molecule has 1 saturated carbocycles. The molecule has 1 aliphatic rings. The number of thiophene rings is 1. The lowest BCUT2D eigenvalue weighted by Crippen LogP contribution is -2.40. The van der Waals surface area contributed by atoms with Crippen molar-refractivity contribution >= 4 is 40.3 Å².